The van der Waals surface area contributed by atoms with Crippen molar-refractivity contribution in [3.63, 3.8) is 0 Å². The van der Waals surface area contributed by atoms with Gasteiger partial charge in [0.2, 0.25) is 5.95 Å². The maximum absolute atomic E-state index is 6.06. The normalized spacial score (nSPS) is 23.4. The Labute approximate surface area is 167 Å². The Balaban J connectivity index is 1.59. The van der Waals surface area contributed by atoms with Gasteiger partial charge in [-0.15, -0.1) is 0 Å². The van der Waals surface area contributed by atoms with Gasteiger partial charge in [0.05, 0.1) is 6.33 Å². The number of nitrogens with zero attached hydrogens (tertiary/aromatic N) is 4. The van der Waals surface area contributed by atoms with Crippen LogP contribution in [0.3, 0.4) is 0 Å². The van der Waals surface area contributed by atoms with Gasteiger partial charge in [-0.2, -0.15) is 9.97 Å². The molecular formula is C21H35N7. The van der Waals surface area contributed by atoms with Gasteiger partial charge >= 0.3 is 0 Å². The van der Waals surface area contributed by atoms with E-state index in [1.807, 2.05) is 6.33 Å². The minimum atomic E-state index is 0.348. The van der Waals surface area contributed by atoms with E-state index in [0.29, 0.717) is 18.1 Å². The van der Waals surface area contributed by atoms with Gasteiger partial charge < -0.3 is 20.9 Å². The van der Waals surface area contributed by atoms with Gasteiger partial charge in [-0.1, -0.05) is 32.6 Å². The van der Waals surface area contributed by atoms with Crippen LogP contribution in [-0.2, 0) is 0 Å². The summed E-state index contributed by atoms with van der Waals surface area (Å²) in [6, 6.07) is 1.28. The fraction of sp³-hybridized carbons (Fsp3) is 0.762. The highest BCUT2D eigenvalue weighted by Gasteiger charge is 2.23. The molecule has 2 heterocycles. The first-order chi connectivity index (χ1) is 13.7. The predicted molar refractivity (Wildman–Crippen MR) is 115 cm³/mol. The zero-order chi connectivity index (χ0) is 19.3. The molecular weight excluding hydrogens is 350 g/mol. The van der Waals surface area contributed by atoms with E-state index < -0.39 is 0 Å². The smallest absolute Gasteiger partial charge is 0.227 e. The van der Waals surface area contributed by atoms with E-state index in [-0.39, 0.29) is 0 Å². The van der Waals surface area contributed by atoms with Crippen LogP contribution >= 0.6 is 0 Å². The van der Waals surface area contributed by atoms with Crippen molar-refractivity contribution in [2.75, 3.05) is 17.2 Å². The average Bonchev–Trinajstić information content (AvgIpc) is 3.36. The molecule has 2 aromatic heterocycles. The first kappa shape index (κ1) is 19.4. The van der Waals surface area contributed by atoms with Crippen LogP contribution in [0.4, 0.5) is 11.8 Å². The molecule has 2 fully saturated rings. The highest BCUT2D eigenvalue weighted by Crippen LogP contribution is 2.33. The second-order valence-electron chi connectivity index (χ2n) is 8.55. The van der Waals surface area contributed by atoms with Crippen LogP contribution in [0.15, 0.2) is 6.33 Å². The third kappa shape index (κ3) is 4.40. The first-order valence-electron chi connectivity index (χ1n) is 11.2. The van der Waals surface area contributed by atoms with Crippen molar-refractivity contribution in [3.8, 4) is 0 Å². The lowest BCUT2D eigenvalue weighted by atomic mass is 9.92. The summed E-state index contributed by atoms with van der Waals surface area (Å²) in [6.07, 6.45) is 14.9. The van der Waals surface area contributed by atoms with Crippen LogP contribution in [0.1, 0.15) is 83.6 Å². The quantitative estimate of drug-likeness (QED) is 0.589. The van der Waals surface area contributed by atoms with Crippen molar-refractivity contribution in [1.82, 2.24) is 19.5 Å². The summed E-state index contributed by atoms with van der Waals surface area (Å²) in [4.78, 5) is 14.4. The van der Waals surface area contributed by atoms with Gasteiger partial charge in [-0.25, -0.2) is 4.98 Å². The van der Waals surface area contributed by atoms with Crippen molar-refractivity contribution in [1.29, 1.82) is 0 Å². The molecule has 0 bridgehead atoms. The summed E-state index contributed by atoms with van der Waals surface area (Å²) in [5, 5.41) is 7.11. The third-order valence-electron chi connectivity index (χ3n) is 6.32. The van der Waals surface area contributed by atoms with Crippen molar-refractivity contribution >= 4 is 22.9 Å². The second-order valence-corrected chi connectivity index (χ2v) is 8.55. The van der Waals surface area contributed by atoms with Crippen molar-refractivity contribution in [2.45, 2.75) is 95.7 Å². The van der Waals surface area contributed by atoms with Gasteiger partial charge in [-0.3, -0.25) is 0 Å². The molecule has 0 atom stereocenters. The monoisotopic (exact) mass is 385 g/mol. The van der Waals surface area contributed by atoms with Gasteiger partial charge in [0.15, 0.2) is 17.0 Å². The minimum Gasteiger partial charge on any atom is -0.368 e. The highest BCUT2D eigenvalue weighted by molar-refractivity contribution is 5.84. The first-order valence-corrected chi connectivity index (χ1v) is 11.2. The van der Waals surface area contributed by atoms with Crippen LogP contribution in [0, 0.1) is 0 Å². The van der Waals surface area contributed by atoms with Crippen LogP contribution in [0.25, 0.3) is 11.2 Å². The predicted octanol–water partition coefficient (Wildman–Crippen LogP) is 4.23. The largest absolute Gasteiger partial charge is 0.368 e. The fourth-order valence-corrected chi connectivity index (χ4v) is 4.58. The maximum atomic E-state index is 6.06. The van der Waals surface area contributed by atoms with E-state index in [1.165, 1.54) is 38.5 Å². The summed E-state index contributed by atoms with van der Waals surface area (Å²) < 4.78 is 2.28. The lowest BCUT2D eigenvalue weighted by Crippen LogP contribution is -2.33. The number of aromatic nitrogens is 4. The summed E-state index contributed by atoms with van der Waals surface area (Å²) in [5.41, 5.74) is 7.93. The zero-order valence-electron chi connectivity index (χ0n) is 17.2. The Morgan fingerprint density at radius 3 is 2.61 bits per heavy atom. The standard InChI is InChI=1S/C21H35N7/c1-2-3-6-13-23-19-18-20(28(14-24-18)17-7-4-5-8-17)27-21(26-19)25-16-11-9-15(22)10-12-16/h14-17H,2-13,22H2,1H3,(H2,23,25,26,27)/t15-,16-. The Kier molecular flexibility index (Phi) is 6.29. The Hall–Kier alpha value is -1.89. The molecule has 7 nitrogen and oxygen atoms in total. The molecule has 0 spiro atoms. The molecule has 0 aromatic carbocycles. The molecule has 2 aliphatic carbocycles. The van der Waals surface area contributed by atoms with E-state index >= 15 is 0 Å². The molecule has 28 heavy (non-hydrogen) atoms. The Morgan fingerprint density at radius 2 is 1.86 bits per heavy atom. The highest BCUT2D eigenvalue weighted by atomic mass is 15.2. The van der Waals surface area contributed by atoms with Crippen LogP contribution in [0.5, 0.6) is 0 Å². The lowest BCUT2D eigenvalue weighted by molar-refractivity contribution is 0.410. The SMILES string of the molecule is CCCCCNc1nc(N[C@H]2CC[C@H](N)CC2)nc2c1ncn2C1CCCC1. The molecule has 0 radical (unpaired) electrons. The van der Waals surface area contributed by atoms with Gasteiger partial charge in [0.25, 0.3) is 0 Å². The molecule has 4 N–H and O–H groups in total. The van der Waals surface area contributed by atoms with E-state index in [1.54, 1.807) is 0 Å². The van der Waals surface area contributed by atoms with E-state index in [2.05, 4.69) is 22.1 Å². The molecule has 7 heteroatoms. The molecule has 0 saturated heterocycles. The van der Waals surface area contributed by atoms with E-state index in [0.717, 1.165) is 61.6 Å². The van der Waals surface area contributed by atoms with E-state index in [9.17, 15) is 0 Å². The van der Waals surface area contributed by atoms with Gasteiger partial charge in [-0.05, 0) is 44.9 Å². The fourth-order valence-electron chi connectivity index (χ4n) is 4.58. The number of nitrogens with one attached hydrogen (secondary N) is 2. The maximum Gasteiger partial charge on any atom is 0.227 e. The number of fused-ring (bicyclic) bond motifs is 1. The molecule has 2 aromatic rings. The molecule has 2 aliphatic rings. The Morgan fingerprint density at radius 1 is 1.07 bits per heavy atom. The molecule has 154 valence electrons. The molecule has 4 rings (SSSR count). The zero-order valence-corrected chi connectivity index (χ0v) is 17.2. The second kappa shape index (κ2) is 9.07. The number of hydrogen-bond acceptors (Lipinski definition) is 6. The summed E-state index contributed by atoms with van der Waals surface area (Å²) in [6.45, 7) is 3.15. The molecule has 0 amide bonds. The number of rotatable bonds is 8. The van der Waals surface area contributed by atoms with Crippen LogP contribution in [-0.4, -0.2) is 38.1 Å². The molecule has 0 aliphatic heterocycles. The summed E-state index contributed by atoms with van der Waals surface area (Å²) in [7, 11) is 0. The number of hydrogen-bond donors (Lipinski definition) is 3. The van der Waals surface area contributed by atoms with Crippen molar-refractivity contribution in [3.05, 3.63) is 6.33 Å². The number of anilines is 2. The van der Waals surface area contributed by atoms with E-state index in [4.69, 9.17) is 20.7 Å². The Bertz CT molecular complexity index is 757. The topological polar surface area (TPSA) is 93.7 Å². The van der Waals surface area contributed by atoms with Crippen molar-refractivity contribution < 1.29 is 0 Å². The van der Waals surface area contributed by atoms with Crippen molar-refractivity contribution in [2.24, 2.45) is 5.73 Å². The number of nitrogens with two attached hydrogens (primary N) is 1. The van der Waals surface area contributed by atoms with Crippen LogP contribution in [0.2, 0.25) is 0 Å². The molecule has 0 unspecified atom stereocenters. The van der Waals surface area contributed by atoms with Gasteiger partial charge in [0.1, 0.15) is 0 Å². The number of imidazole rings is 1. The van der Waals surface area contributed by atoms with Crippen LogP contribution < -0.4 is 16.4 Å². The summed E-state index contributed by atoms with van der Waals surface area (Å²) in [5.74, 6) is 1.60. The third-order valence-corrected chi connectivity index (χ3v) is 6.32. The number of unbranched alkanes of at least 4 members (excludes halogenated alkanes) is 2. The lowest BCUT2D eigenvalue weighted by Gasteiger charge is -2.27. The average molecular weight is 386 g/mol. The van der Waals surface area contributed by atoms with Gasteiger partial charge in [0, 0.05) is 24.7 Å². The summed E-state index contributed by atoms with van der Waals surface area (Å²) >= 11 is 0. The minimum absolute atomic E-state index is 0.348. The molecule has 2 saturated carbocycles.